The first kappa shape index (κ1) is 18.9. The zero-order valence-electron chi connectivity index (χ0n) is 12.7. The summed E-state index contributed by atoms with van der Waals surface area (Å²) in [5.41, 5.74) is 0.506. The van der Waals surface area contributed by atoms with Gasteiger partial charge in [-0.1, -0.05) is 0 Å². The molecule has 0 aliphatic carbocycles. The number of rotatable bonds is 4. The minimum absolute atomic E-state index is 0. The third-order valence-corrected chi connectivity index (χ3v) is 5.29. The van der Waals surface area contributed by atoms with Crippen LogP contribution in [0.2, 0.25) is 0 Å². The molecule has 0 saturated carbocycles. The molecule has 6 nitrogen and oxygen atoms in total. The normalized spacial score (nSPS) is 15.9. The van der Waals surface area contributed by atoms with E-state index in [9.17, 15) is 13.2 Å². The van der Waals surface area contributed by atoms with Gasteiger partial charge in [-0.05, 0) is 57.2 Å². The van der Waals surface area contributed by atoms with Crippen molar-refractivity contribution < 1.29 is 13.2 Å². The number of amides is 1. The van der Waals surface area contributed by atoms with E-state index in [2.05, 4.69) is 10.0 Å². The Kier molecular flexibility index (Phi) is 6.80. The second-order valence-electron chi connectivity index (χ2n) is 5.13. The summed E-state index contributed by atoms with van der Waals surface area (Å²) >= 11 is 0. The molecule has 0 atom stereocenters. The Labute approximate surface area is 137 Å². The summed E-state index contributed by atoms with van der Waals surface area (Å²) in [4.78, 5) is 14.3. The van der Waals surface area contributed by atoms with Gasteiger partial charge in [0.15, 0.2) is 0 Å². The molecule has 1 amide bonds. The van der Waals surface area contributed by atoms with E-state index in [-0.39, 0.29) is 29.3 Å². The fourth-order valence-electron chi connectivity index (χ4n) is 2.46. The van der Waals surface area contributed by atoms with Crippen LogP contribution in [0.1, 0.15) is 23.2 Å². The molecule has 2 rings (SSSR count). The van der Waals surface area contributed by atoms with Gasteiger partial charge in [0.25, 0.3) is 5.91 Å². The number of piperidine rings is 1. The minimum atomic E-state index is -3.46. The zero-order valence-corrected chi connectivity index (χ0v) is 14.3. The lowest BCUT2D eigenvalue weighted by molar-refractivity contribution is 0.0703. The number of nitrogens with one attached hydrogen (secondary N) is 2. The van der Waals surface area contributed by atoms with Crippen molar-refractivity contribution in [3.05, 3.63) is 29.8 Å². The van der Waals surface area contributed by atoms with Crippen molar-refractivity contribution in [2.45, 2.75) is 23.8 Å². The molecule has 0 bridgehead atoms. The topological polar surface area (TPSA) is 78.5 Å². The highest BCUT2D eigenvalue weighted by Crippen LogP contribution is 2.16. The van der Waals surface area contributed by atoms with Gasteiger partial charge < -0.3 is 10.2 Å². The molecule has 22 heavy (non-hydrogen) atoms. The molecule has 124 valence electrons. The lowest BCUT2D eigenvalue weighted by atomic mass is 10.0. The van der Waals surface area contributed by atoms with Gasteiger partial charge in [-0.3, -0.25) is 4.79 Å². The van der Waals surface area contributed by atoms with Crippen LogP contribution in [0.15, 0.2) is 29.2 Å². The van der Waals surface area contributed by atoms with E-state index in [0.29, 0.717) is 5.56 Å². The van der Waals surface area contributed by atoms with E-state index >= 15 is 0 Å². The number of benzene rings is 1. The van der Waals surface area contributed by atoms with E-state index in [1.165, 1.54) is 19.2 Å². The second kappa shape index (κ2) is 7.92. The molecule has 2 N–H and O–H groups in total. The SMILES string of the molecule is CNS(=O)(=O)c1ccc(C(=O)N(C)C2CCNCC2)cc1.Cl. The maximum absolute atomic E-state index is 12.4. The van der Waals surface area contributed by atoms with Crippen molar-refractivity contribution in [1.82, 2.24) is 14.9 Å². The number of carbonyl (C=O) groups excluding carboxylic acids is 1. The van der Waals surface area contributed by atoms with E-state index in [4.69, 9.17) is 0 Å². The van der Waals surface area contributed by atoms with Gasteiger partial charge in [0, 0.05) is 18.7 Å². The van der Waals surface area contributed by atoms with Crippen LogP contribution in [0.25, 0.3) is 0 Å². The summed E-state index contributed by atoms with van der Waals surface area (Å²) in [6.45, 7) is 1.84. The van der Waals surface area contributed by atoms with E-state index in [0.717, 1.165) is 25.9 Å². The molecular formula is C14H22ClN3O3S. The first-order chi connectivity index (χ1) is 9.95. The number of nitrogens with zero attached hydrogens (tertiary/aromatic N) is 1. The molecule has 8 heteroatoms. The van der Waals surface area contributed by atoms with Crippen molar-refractivity contribution in [2.24, 2.45) is 0 Å². The Morgan fingerprint density at radius 1 is 1.23 bits per heavy atom. The lowest BCUT2D eigenvalue weighted by Gasteiger charge is -2.31. The molecule has 1 saturated heterocycles. The fourth-order valence-corrected chi connectivity index (χ4v) is 3.19. The van der Waals surface area contributed by atoms with Gasteiger partial charge in [-0.15, -0.1) is 12.4 Å². The number of carbonyl (C=O) groups is 1. The molecular weight excluding hydrogens is 326 g/mol. The van der Waals surface area contributed by atoms with E-state index in [1.54, 1.807) is 24.1 Å². The van der Waals surface area contributed by atoms with Crippen LogP contribution in [0.5, 0.6) is 0 Å². The van der Waals surface area contributed by atoms with Gasteiger partial charge >= 0.3 is 0 Å². The summed E-state index contributed by atoms with van der Waals surface area (Å²) in [6, 6.07) is 6.26. The Morgan fingerprint density at radius 3 is 2.27 bits per heavy atom. The highest BCUT2D eigenvalue weighted by Gasteiger charge is 2.23. The Morgan fingerprint density at radius 2 is 1.77 bits per heavy atom. The Balaban J connectivity index is 0.00000242. The number of halogens is 1. The smallest absolute Gasteiger partial charge is 0.253 e. The standard InChI is InChI=1S/C14H21N3O3S.ClH/c1-15-21(19,20)13-5-3-11(4-6-13)14(18)17(2)12-7-9-16-10-8-12;/h3-6,12,15-16H,7-10H2,1-2H3;1H. The first-order valence-electron chi connectivity index (χ1n) is 6.97. The Hall–Kier alpha value is -1.15. The van der Waals surface area contributed by atoms with Crippen LogP contribution in [0, 0.1) is 0 Å². The van der Waals surface area contributed by atoms with Crippen molar-refractivity contribution in [3.8, 4) is 0 Å². The van der Waals surface area contributed by atoms with Crippen molar-refractivity contribution in [1.29, 1.82) is 0 Å². The van der Waals surface area contributed by atoms with Crippen LogP contribution < -0.4 is 10.0 Å². The lowest BCUT2D eigenvalue weighted by Crippen LogP contribution is -2.43. The zero-order chi connectivity index (χ0) is 15.5. The third kappa shape index (κ3) is 4.19. The van der Waals surface area contributed by atoms with E-state index < -0.39 is 10.0 Å². The van der Waals surface area contributed by atoms with Crippen molar-refractivity contribution >= 4 is 28.3 Å². The molecule has 0 radical (unpaired) electrons. The first-order valence-corrected chi connectivity index (χ1v) is 8.45. The summed E-state index contributed by atoms with van der Waals surface area (Å²) in [6.07, 6.45) is 1.88. The predicted octanol–water partition coefficient (Wildman–Crippen LogP) is 0.841. The highest BCUT2D eigenvalue weighted by molar-refractivity contribution is 7.89. The molecule has 1 aromatic carbocycles. The summed E-state index contributed by atoms with van der Waals surface area (Å²) in [7, 11) is -0.302. The monoisotopic (exact) mass is 347 g/mol. The number of sulfonamides is 1. The predicted molar refractivity (Wildman–Crippen MR) is 87.9 cm³/mol. The highest BCUT2D eigenvalue weighted by atomic mass is 35.5. The fraction of sp³-hybridized carbons (Fsp3) is 0.500. The van der Waals surface area contributed by atoms with Crippen molar-refractivity contribution in [3.63, 3.8) is 0 Å². The molecule has 0 unspecified atom stereocenters. The molecule has 1 heterocycles. The molecule has 1 fully saturated rings. The average Bonchev–Trinajstić information content (AvgIpc) is 2.54. The minimum Gasteiger partial charge on any atom is -0.339 e. The summed E-state index contributed by atoms with van der Waals surface area (Å²) in [5, 5.41) is 3.27. The average molecular weight is 348 g/mol. The molecule has 0 aromatic heterocycles. The van der Waals surface area contributed by atoms with Crippen molar-refractivity contribution in [2.75, 3.05) is 27.2 Å². The van der Waals surface area contributed by atoms with Crippen LogP contribution in [0.3, 0.4) is 0 Å². The van der Waals surface area contributed by atoms with Crippen LogP contribution in [0.4, 0.5) is 0 Å². The second-order valence-corrected chi connectivity index (χ2v) is 7.02. The maximum Gasteiger partial charge on any atom is 0.253 e. The van der Waals surface area contributed by atoms with Crippen LogP contribution in [-0.2, 0) is 10.0 Å². The van der Waals surface area contributed by atoms with Crippen LogP contribution >= 0.6 is 12.4 Å². The van der Waals surface area contributed by atoms with Gasteiger partial charge in [-0.2, -0.15) is 0 Å². The van der Waals surface area contributed by atoms with Gasteiger partial charge in [0.05, 0.1) is 4.90 Å². The van der Waals surface area contributed by atoms with Gasteiger partial charge in [-0.25, -0.2) is 13.1 Å². The molecule has 1 aliphatic heterocycles. The third-order valence-electron chi connectivity index (χ3n) is 3.86. The van der Waals surface area contributed by atoms with Gasteiger partial charge in [0.1, 0.15) is 0 Å². The number of hydrogen-bond acceptors (Lipinski definition) is 4. The maximum atomic E-state index is 12.4. The summed E-state index contributed by atoms with van der Waals surface area (Å²) < 4.78 is 25.6. The molecule has 1 aromatic rings. The Bertz CT molecular complexity index is 598. The number of hydrogen-bond donors (Lipinski definition) is 2. The van der Waals surface area contributed by atoms with E-state index in [1.807, 2.05) is 0 Å². The van der Waals surface area contributed by atoms with Crippen LogP contribution in [-0.4, -0.2) is 52.5 Å². The molecule has 0 spiro atoms. The van der Waals surface area contributed by atoms with Gasteiger partial charge in [0.2, 0.25) is 10.0 Å². The largest absolute Gasteiger partial charge is 0.339 e. The quantitative estimate of drug-likeness (QED) is 0.846. The summed E-state index contributed by atoms with van der Waals surface area (Å²) in [5.74, 6) is -0.0738. The molecule has 1 aliphatic rings.